The van der Waals surface area contributed by atoms with Crippen LogP contribution < -0.4 is 15.2 Å². The van der Waals surface area contributed by atoms with E-state index < -0.39 is 11.9 Å². The Balaban J connectivity index is 2.42. The van der Waals surface area contributed by atoms with Crippen LogP contribution in [-0.4, -0.2) is 18.4 Å². The van der Waals surface area contributed by atoms with Gasteiger partial charge in [-0.25, -0.2) is 4.39 Å². The summed E-state index contributed by atoms with van der Waals surface area (Å²) in [7, 11) is 0. The molecule has 1 aromatic rings. The van der Waals surface area contributed by atoms with Crippen LogP contribution in [0.15, 0.2) is 12.1 Å². The van der Waals surface area contributed by atoms with Gasteiger partial charge in [0.25, 0.3) is 0 Å². The van der Waals surface area contributed by atoms with E-state index in [9.17, 15) is 9.50 Å². The Hall–Kier alpha value is -1.33. The van der Waals surface area contributed by atoms with Crippen molar-refractivity contribution in [3.8, 4) is 11.5 Å². The molecular formula is C9H10FNO3. The normalized spacial score (nSPS) is 15.6. The molecule has 0 bridgehead atoms. The van der Waals surface area contributed by atoms with Gasteiger partial charge in [0, 0.05) is 18.2 Å². The van der Waals surface area contributed by atoms with E-state index in [0.29, 0.717) is 11.5 Å². The Morgan fingerprint density at radius 3 is 2.71 bits per heavy atom. The highest BCUT2D eigenvalue weighted by atomic mass is 19.1. The predicted molar refractivity (Wildman–Crippen MR) is 46.5 cm³/mol. The zero-order valence-electron chi connectivity index (χ0n) is 7.37. The van der Waals surface area contributed by atoms with E-state index in [1.165, 1.54) is 12.1 Å². The van der Waals surface area contributed by atoms with Gasteiger partial charge in [-0.15, -0.1) is 0 Å². The van der Waals surface area contributed by atoms with Gasteiger partial charge in [-0.1, -0.05) is 0 Å². The van der Waals surface area contributed by atoms with Crippen LogP contribution in [0.5, 0.6) is 11.5 Å². The van der Waals surface area contributed by atoms with Crippen molar-refractivity contribution in [3.05, 3.63) is 23.5 Å². The third kappa shape index (κ3) is 1.40. The maximum Gasteiger partial charge on any atom is 0.231 e. The number of benzene rings is 1. The third-order valence-electron chi connectivity index (χ3n) is 2.07. The number of hydrogen-bond donors (Lipinski definition) is 2. The van der Waals surface area contributed by atoms with Crippen LogP contribution in [0.25, 0.3) is 0 Å². The van der Waals surface area contributed by atoms with Crippen molar-refractivity contribution in [2.24, 2.45) is 5.73 Å². The highest BCUT2D eigenvalue weighted by Crippen LogP contribution is 2.35. The van der Waals surface area contributed by atoms with E-state index in [1.54, 1.807) is 0 Å². The van der Waals surface area contributed by atoms with E-state index in [4.69, 9.17) is 15.2 Å². The highest BCUT2D eigenvalue weighted by Gasteiger charge is 2.20. The van der Waals surface area contributed by atoms with Crippen LogP contribution in [0, 0.1) is 5.82 Å². The maximum absolute atomic E-state index is 13.3. The molecule has 5 heteroatoms. The molecule has 0 spiro atoms. The topological polar surface area (TPSA) is 64.7 Å². The summed E-state index contributed by atoms with van der Waals surface area (Å²) in [6, 6.07) is 2.60. The van der Waals surface area contributed by atoms with Gasteiger partial charge in [0.1, 0.15) is 5.82 Å². The molecule has 4 nitrogen and oxygen atoms in total. The molecule has 0 saturated heterocycles. The van der Waals surface area contributed by atoms with E-state index in [2.05, 4.69) is 0 Å². The standard InChI is InChI=1S/C9H10FNO3/c10-6-2-9-8(13-4-14-9)1-5(6)7(12)3-11/h1-2,7,12H,3-4,11H2. The number of rotatable bonds is 2. The maximum atomic E-state index is 13.3. The van der Waals surface area contributed by atoms with E-state index >= 15 is 0 Å². The quantitative estimate of drug-likeness (QED) is 0.729. The van der Waals surface area contributed by atoms with Crippen molar-refractivity contribution in [3.63, 3.8) is 0 Å². The SMILES string of the molecule is NCC(O)c1cc2c(cc1F)OCO2. The molecule has 14 heavy (non-hydrogen) atoms. The first-order valence-electron chi connectivity index (χ1n) is 4.19. The summed E-state index contributed by atoms with van der Waals surface area (Å²) in [5.74, 6) is 0.261. The van der Waals surface area contributed by atoms with Crippen LogP contribution in [0.1, 0.15) is 11.7 Å². The number of fused-ring (bicyclic) bond motifs is 1. The number of ether oxygens (including phenoxy) is 2. The molecule has 3 N–H and O–H groups in total. The van der Waals surface area contributed by atoms with Gasteiger partial charge >= 0.3 is 0 Å². The number of halogens is 1. The lowest BCUT2D eigenvalue weighted by Gasteiger charge is -2.09. The summed E-state index contributed by atoms with van der Waals surface area (Å²) in [5.41, 5.74) is 5.37. The van der Waals surface area contributed by atoms with Crippen LogP contribution in [-0.2, 0) is 0 Å². The zero-order valence-corrected chi connectivity index (χ0v) is 7.37. The number of aliphatic hydroxyl groups is 1. The van der Waals surface area contributed by atoms with Gasteiger partial charge < -0.3 is 20.3 Å². The average Bonchev–Trinajstić information content (AvgIpc) is 2.62. The fraction of sp³-hybridized carbons (Fsp3) is 0.333. The predicted octanol–water partition coefficient (Wildman–Crippen LogP) is 0.546. The zero-order chi connectivity index (χ0) is 10.1. The van der Waals surface area contributed by atoms with Crippen molar-refractivity contribution >= 4 is 0 Å². The second kappa shape index (κ2) is 3.43. The Bertz CT molecular complexity index is 356. The van der Waals surface area contributed by atoms with Crippen LogP contribution in [0.3, 0.4) is 0 Å². The molecule has 1 aromatic carbocycles. The van der Waals surface area contributed by atoms with Gasteiger partial charge in [-0.05, 0) is 6.07 Å². The van der Waals surface area contributed by atoms with Crippen molar-refractivity contribution in [1.82, 2.24) is 0 Å². The lowest BCUT2D eigenvalue weighted by molar-refractivity contribution is 0.172. The van der Waals surface area contributed by atoms with E-state index in [-0.39, 0.29) is 18.9 Å². The summed E-state index contributed by atoms with van der Waals surface area (Å²) in [5, 5.41) is 9.38. The number of aliphatic hydroxyl groups excluding tert-OH is 1. The molecule has 0 aliphatic carbocycles. The molecule has 1 aliphatic rings. The summed E-state index contributed by atoms with van der Waals surface area (Å²) in [6.45, 7) is 0.0491. The summed E-state index contributed by atoms with van der Waals surface area (Å²) in [6.07, 6.45) is -1.01. The van der Waals surface area contributed by atoms with Gasteiger partial charge in [0.05, 0.1) is 6.10 Å². The van der Waals surface area contributed by atoms with E-state index in [1.807, 2.05) is 0 Å². The fourth-order valence-corrected chi connectivity index (χ4v) is 1.32. The average molecular weight is 199 g/mol. The van der Waals surface area contributed by atoms with Gasteiger partial charge in [-0.2, -0.15) is 0 Å². The minimum absolute atomic E-state index is 0.0312. The van der Waals surface area contributed by atoms with Crippen molar-refractivity contribution in [1.29, 1.82) is 0 Å². The van der Waals surface area contributed by atoms with Gasteiger partial charge in [0.2, 0.25) is 6.79 Å². The molecule has 0 amide bonds. The molecule has 0 fully saturated rings. The first kappa shape index (κ1) is 9.23. The molecule has 1 heterocycles. The summed E-state index contributed by atoms with van der Waals surface area (Å²) >= 11 is 0. The Kier molecular flexibility index (Phi) is 2.26. The highest BCUT2D eigenvalue weighted by molar-refractivity contribution is 5.45. The molecule has 76 valence electrons. The molecule has 0 saturated carbocycles. The third-order valence-corrected chi connectivity index (χ3v) is 2.07. The lowest BCUT2D eigenvalue weighted by Crippen LogP contribution is -2.12. The lowest BCUT2D eigenvalue weighted by atomic mass is 10.1. The smallest absolute Gasteiger partial charge is 0.231 e. The molecule has 0 aromatic heterocycles. The Morgan fingerprint density at radius 2 is 2.07 bits per heavy atom. The first-order chi connectivity index (χ1) is 6.72. The van der Waals surface area contributed by atoms with E-state index in [0.717, 1.165) is 0 Å². The second-order valence-electron chi connectivity index (χ2n) is 2.98. The molecule has 1 aliphatic heterocycles. The first-order valence-corrected chi connectivity index (χ1v) is 4.19. The summed E-state index contributed by atoms with van der Waals surface area (Å²) in [4.78, 5) is 0. The van der Waals surface area contributed by atoms with Crippen LogP contribution >= 0.6 is 0 Å². The molecule has 2 rings (SSSR count). The molecule has 1 unspecified atom stereocenters. The molecule has 1 atom stereocenters. The van der Waals surface area contributed by atoms with Gasteiger partial charge in [0.15, 0.2) is 11.5 Å². The minimum atomic E-state index is -1.01. The second-order valence-corrected chi connectivity index (χ2v) is 2.98. The van der Waals surface area contributed by atoms with Crippen molar-refractivity contribution in [2.75, 3.05) is 13.3 Å². The summed E-state index contributed by atoms with van der Waals surface area (Å²) < 4.78 is 23.4. The van der Waals surface area contributed by atoms with Gasteiger partial charge in [-0.3, -0.25) is 0 Å². The van der Waals surface area contributed by atoms with Crippen molar-refractivity contribution < 1.29 is 19.0 Å². The minimum Gasteiger partial charge on any atom is -0.454 e. The van der Waals surface area contributed by atoms with Crippen LogP contribution in [0.2, 0.25) is 0 Å². The largest absolute Gasteiger partial charge is 0.454 e. The van der Waals surface area contributed by atoms with Crippen LogP contribution in [0.4, 0.5) is 4.39 Å². The molecular weight excluding hydrogens is 189 g/mol. The monoisotopic (exact) mass is 199 g/mol. The number of hydrogen-bond acceptors (Lipinski definition) is 4. The fourth-order valence-electron chi connectivity index (χ4n) is 1.32. The Morgan fingerprint density at radius 1 is 1.43 bits per heavy atom. The molecule has 0 radical (unpaired) electrons. The van der Waals surface area contributed by atoms with Crippen molar-refractivity contribution in [2.45, 2.75) is 6.10 Å². The Labute approximate surface area is 80.0 Å². The number of nitrogens with two attached hydrogens (primary N) is 1.